The first kappa shape index (κ1) is 16.3. The molecule has 2 rings (SSSR count). The number of hydrogen-bond acceptors (Lipinski definition) is 4. The van der Waals surface area contributed by atoms with Crippen molar-refractivity contribution in [2.45, 2.75) is 36.7 Å². The molecule has 0 unspecified atom stereocenters. The molecule has 0 radical (unpaired) electrons. The third-order valence-corrected chi connectivity index (χ3v) is 5.20. The van der Waals surface area contributed by atoms with Crippen molar-refractivity contribution in [3.63, 3.8) is 0 Å². The number of ether oxygens (including phenoxy) is 1. The number of carbonyl (C=O) groups is 1. The van der Waals surface area contributed by atoms with E-state index in [0.717, 1.165) is 19.3 Å². The predicted molar refractivity (Wildman–Crippen MR) is 80.1 cm³/mol. The monoisotopic (exact) mass is 331 g/mol. The summed E-state index contributed by atoms with van der Waals surface area (Å²) in [4.78, 5) is 12.1. The first-order valence-corrected chi connectivity index (χ1v) is 8.96. The highest BCUT2D eigenvalue weighted by atomic mass is 35.7. The lowest BCUT2D eigenvalue weighted by molar-refractivity contribution is -0.0679. The van der Waals surface area contributed by atoms with Crippen molar-refractivity contribution in [2.24, 2.45) is 0 Å². The average molecular weight is 332 g/mol. The molecule has 1 amide bonds. The Balaban J connectivity index is 2.14. The van der Waals surface area contributed by atoms with E-state index in [2.05, 4.69) is 5.32 Å². The van der Waals surface area contributed by atoms with E-state index in [0.29, 0.717) is 12.1 Å². The van der Waals surface area contributed by atoms with Gasteiger partial charge in [0.2, 0.25) is 0 Å². The highest BCUT2D eigenvalue weighted by molar-refractivity contribution is 8.13. The van der Waals surface area contributed by atoms with Crippen LogP contribution >= 0.6 is 10.7 Å². The fourth-order valence-electron chi connectivity index (χ4n) is 2.39. The average Bonchev–Trinajstić information content (AvgIpc) is 2.36. The molecule has 0 saturated heterocycles. The van der Waals surface area contributed by atoms with Crippen LogP contribution in [0.3, 0.4) is 0 Å². The van der Waals surface area contributed by atoms with Gasteiger partial charge in [-0.3, -0.25) is 4.79 Å². The lowest BCUT2D eigenvalue weighted by Gasteiger charge is -2.40. The van der Waals surface area contributed by atoms with Crippen molar-refractivity contribution in [3.05, 3.63) is 29.3 Å². The van der Waals surface area contributed by atoms with Crippen LogP contribution in [0.5, 0.6) is 0 Å². The van der Waals surface area contributed by atoms with Gasteiger partial charge >= 0.3 is 0 Å². The third-order valence-electron chi connectivity index (χ3n) is 3.86. The van der Waals surface area contributed by atoms with Gasteiger partial charge in [-0.1, -0.05) is 0 Å². The number of carbonyl (C=O) groups excluding carboxylic acids is 1. The maximum Gasteiger partial charge on any atom is 0.261 e. The van der Waals surface area contributed by atoms with Crippen LogP contribution in [0.4, 0.5) is 0 Å². The van der Waals surface area contributed by atoms with E-state index in [9.17, 15) is 13.2 Å². The number of nitrogens with one attached hydrogen (secondary N) is 1. The lowest BCUT2D eigenvalue weighted by Crippen LogP contribution is -2.49. The molecular formula is C14H18ClNO4S. The molecule has 1 aliphatic rings. The van der Waals surface area contributed by atoms with Gasteiger partial charge in [0.05, 0.1) is 10.5 Å². The van der Waals surface area contributed by atoms with E-state index in [1.165, 1.54) is 12.1 Å². The van der Waals surface area contributed by atoms with Gasteiger partial charge in [0.15, 0.2) is 0 Å². The van der Waals surface area contributed by atoms with Crippen molar-refractivity contribution >= 4 is 25.6 Å². The minimum absolute atomic E-state index is 0.0700. The summed E-state index contributed by atoms with van der Waals surface area (Å²) in [5.74, 6) is -0.330. The molecule has 0 spiro atoms. The maximum absolute atomic E-state index is 12.2. The molecule has 5 nitrogen and oxygen atoms in total. The van der Waals surface area contributed by atoms with Crippen molar-refractivity contribution < 1.29 is 17.9 Å². The third kappa shape index (κ3) is 3.75. The zero-order valence-electron chi connectivity index (χ0n) is 12.0. The van der Waals surface area contributed by atoms with Crippen LogP contribution in [-0.4, -0.2) is 33.6 Å². The summed E-state index contributed by atoms with van der Waals surface area (Å²) in [5.41, 5.74) is 0.660. The Bertz CT molecular complexity index is 647. The van der Waals surface area contributed by atoms with E-state index in [-0.39, 0.29) is 22.0 Å². The molecule has 21 heavy (non-hydrogen) atoms. The van der Waals surface area contributed by atoms with E-state index in [1.54, 1.807) is 20.1 Å². The molecule has 1 aromatic carbocycles. The normalized spacial score (nSPS) is 17.1. The molecule has 0 bridgehead atoms. The molecule has 0 atom stereocenters. The molecule has 116 valence electrons. The van der Waals surface area contributed by atoms with E-state index in [4.69, 9.17) is 15.4 Å². The van der Waals surface area contributed by atoms with Gasteiger partial charge in [-0.2, -0.15) is 0 Å². The Morgan fingerprint density at radius 3 is 2.52 bits per heavy atom. The van der Waals surface area contributed by atoms with E-state index < -0.39 is 9.05 Å². The summed E-state index contributed by atoms with van der Waals surface area (Å²) < 4.78 is 28.2. The van der Waals surface area contributed by atoms with Gasteiger partial charge in [0.25, 0.3) is 15.0 Å². The smallest absolute Gasteiger partial charge is 0.261 e. The van der Waals surface area contributed by atoms with Gasteiger partial charge in [-0.05, 0) is 49.9 Å². The van der Waals surface area contributed by atoms with Gasteiger partial charge in [-0.25, -0.2) is 8.42 Å². The number of benzene rings is 1. The minimum atomic E-state index is -3.86. The molecular weight excluding hydrogens is 314 g/mol. The molecule has 7 heteroatoms. The van der Waals surface area contributed by atoms with Crippen LogP contribution in [0, 0.1) is 6.92 Å². The predicted octanol–water partition coefficient (Wildman–Crippen LogP) is 2.22. The van der Waals surface area contributed by atoms with Crippen LogP contribution in [0.25, 0.3) is 0 Å². The van der Waals surface area contributed by atoms with E-state index >= 15 is 0 Å². The second-order valence-corrected chi connectivity index (χ2v) is 7.96. The second kappa shape index (κ2) is 5.94. The standard InChI is InChI=1S/C14H18ClNO4S/c1-10-6-11(8-12(7-10)21(15,18)19)13(17)16-9-14(20-2)4-3-5-14/h6-8H,3-5,9H2,1-2H3,(H,16,17). The quantitative estimate of drug-likeness (QED) is 0.840. The summed E-state index contributed by atoms with van der Waals surface area (Å²) in [6.07, 6.45) is 2.92. The van der Waals surface area contributed by atoms with Gasteiger partial charge in [0, 0.05) is 29.9 Å². The molecule has 1 saturated carbocycles. The molecule has 0 heterocycles. The van der Waals surface area contributed by atoms with E-state index in [1.807, 2.05) is 0 Å². The van der Waals surface area contributed by atoms with Crippen molar-refractivity contribution in [2.75, 3.05) is 13.7 Å². The summed E-state index contributed by atoms with van der Waals surface area (Å²) >= 11 is 0. The number of aryl methyl sites for hydroxylation is 1. The Morgan fingerprint density at radius 1 is 1.38 bits per heavy atom. The number of amides is 1. The number of hydrogen-bond donors (Lipinski definition) is 1. The highest BCUT2D eigenvalue weighted by Crippen LogP contribution is 2.34. The number of methoxy groups -OCH3 is 1. The number of rotatable bonds is 5. The first-order valence-electron chi connectivity index (χ1n) is 6.65. The minimum Gasteiger partial charge on any atom is -0.376 e. The van der Waals surface area contributed by atoms with Crippen LogP contribution in [0.2, 0.25) is 0 Å². The van der Waals surface area contributed by atoms with Crippen molar-refractivity contribution in [1.29, 1.82) is 0 Å². The van der Waals surface area contributed by atoms with Gasteiger partial charge < -0.3 is 10.1 Å². The Kier molecular flexibility index (Phi) is 4.60. The molecule has 1 aliphatic carbocycles. The maximum atomic E-state index is 12.2. The highest BCUT2D eigenvalue weighted by Gasteiger charge is 2.37. The largest absolute Gasteiger partial charge is 0.376 e. The zero-order chi connectivity index (χ0) is 15.7. The van der Waals surface area contributed by atoms with Crippen LogP contribution < -0.4 is 5.32 Å². The first-order chi connectivity index (χ1) is 9.76. The molecule has 0 aromatic heterocycles. The van der Waals surface area contributed by atoms with Crippen LogP contribution in [-0.2, 0) is 13.8 Å². The van der Waals surface area contributed by atoms with Crippen molar-refractivity contribution in [3.8, 4) is 0 Å². The summed E-state index contributed by atoms with van der Waals surface area (Å²) in [6, 6.07) is 4.34. The summed E-state index contributed by atoms with van der Waals surface area (Å²) in [7, 11) is 3.11. The summed E-state index contributed by atoms with van der Waals surface area (Å²) in [6.45, 7) is 2.13. The SMILES string of the molecule is COC1(CNC(=O)c2cc(C)cc(S(=O)(=O)Cl)c2)CCC1. The fraction of sp³-hybridized carbons (Fsp3) is 0.500. The summed E-state index contributed by atoms with van der Waals surface area (Å²) in [5, 5.41) is 2.80. The van der Waals surface area contributed by atoms with Gasteiger partial charge in [0.1, 0.15) is 0 Å². The molecule has 0 aliphatic heterocycles. The topological polar surface area (TPSA) is 72.5 Å². The zero-order valence-corrected chi connectivity index (χ0v) is 13.6. The number of halogens is 1. The Morgan fingerprint density at radius 2 is 2.05 bits per heavy atom. The van der Waals surface area contributed by atoms with Crippen LogP contribution in [0.1, 0.15) is 35.2 Å². The van der Waals surface area contributed by atoms with Crippen molar-refractivity contribution in [1.82, 2.24) is 5.32 Å². The second-order valence-electron chi connectivity index (χ2n) is 5.40. The Labute approximate surface area is 129 Å². The molecule has 1 aromatic rings. The fourth-order valence-corrected chi connectivity index (χ4v) is 3.25. The Hall–Kier alpha value is -1.11. The van der Waals surface area contributed by atoms with Crippen LogP contribution in [0.15, 0.2) is 23.1 Å². The lowest BCUT2D eigenvalue weighted by atomic mass is 9.80. The molecule has 1 fully saturated rings. The van der Waals surface area contributed by atoms with Gasteiger partial charge in [-0.15, -0.1) is 0 Å². The molecule has 1 N–H and O–H groups in total.